The fourth-order valence-corrected chi connectivity index (χ4v) is 9.12. The van der Waals surface area contributed by atoms with E-state index < -0.39 is 0 Å². The Morgan fingerprint density at radius 3 is 2.50 bits per heavy atom. The van der Waals surface area contributed by atoms with Crippen LogP contribution in [0.2, 0.25) is 0 Å². The molecule has 1 aromatic carbocycles. The first-order chi connectivity index (χ1) is 15.4. The van der Waals surface area contributed by atoms with Crippen molar-refractivity contribution in [3.05, 3.63) is 48.2 Å². The van der Waals surface area contributed by atoms with Crippen LogP contribution in [0.1, 0.15) is 90.5 Å². The molecule has 176 valence electrons. The molecule has 0 radical (unpaired) electrons. The predicted octanol–water partition coefficient (Wildman–Crippen LogP) is 8.02. The van der Waals surface area contributed by atoms with Crippen molar-refractivity contribution in [2.45, 2.75) is 91.4 Å². The lowest BCUT2D eigenvalue weighted by Crippen LogP contribution is -2.50. The molecular formula is C31H47N. The largest absolute Gasteiger partial charge is 0.388 e. The normalized spacial score (nSPS) is 43.1. The Kier molecular flexibility index (Phi) is 6.23. The van der Waals surface area contributed by atoms with E-state index in [1.165, 1.54) is 75.5 Å². The first-order valence-electron chi connectivity index (χ1n) is 13.9. The summed E-state index contributed by atoms with van der Waals surface area (Å²) in [7, 11) is 0. The summed E-state index contributed by atoms with van der Waals surface area (Å²) in [4.78, 5) is 0. The summed E-state index contributed by atoms with van der Waals surface area (Å²) >= 11 is 0. The fraction of sp³-hybridized carbons (Fsp3) is 0.742. The van der Waals surface area contributed by atoms with Crippen LogP contribution in [0.15, 0.2) is 42.6 Å². The van der Waals surface area contributed by atoms with Crippen LogP contribution in [0, 0.1) is 46.3 Å². The van der Waals surface area contributed by atoms with Crippen molar-refractivity contribution in [2.75, 3.05) is 6.54 Å². The highest BCUT2D eigenvalue weighted by Gasteiger charge is 2.57. The second-order valence-corrected chi connectivity index (χ2v) is 12.8. The first-order valence-corrected chi connectivity index (χ1v) is 13.9. The molecule has 0 aliphatic heterocycles. The molecule has 4 saturated carbocycles. The lowest BCUT2D eigenvalue weighted by Gasteiger charge is -2.57. The Morgan fingerprint density at radius 1 is 0.938 bits per heavy atom. The Bertz CT molecular complexity index is 798. The van der Waals surface area contributed by atoms with Crippen LogP contribution in [0.25, 0.3) is 0 Å². The van der Waals surface area contributed by atoms with Crippen LogP contribution >= 0.6 is 0 Å². The fourth-order valence-electron chi connectivity index (χ4n) is 9.12. The lowest BCUT2D eigenvalue weighted by molar-refractivity contribution is -0.0778. The molecule has 0 spiro atoms. The van der Waals surface area contributed by atoms with Gasteiger partial charge in [-0.15, -0.1) is 0 Å². The molecule has 7 unspecified atom stereocenters. The van der Waals surface area contributed by atoms with Crippen molar-refractivity contribution in [1.29, 1.82) is 0 Å². The monoisotopic (exact) mass is 433 g/mol. The standard InChI is InChI=1S/C31H47N/c1-5-30(3)17-15-26-24(20-30)11-13-28-27(26)16-18-31(4)25(12-14-29(28)31)21-32-22(2)19-23-9-7-6-8-10-23/h6-10,24-29,32H,2,5,11-21H2,1,3-4H3/t24?,25?,26?,27?,28?,29?,30-,31?/m1/s1. The molecule has 0 amide bonds. The molecule has 0 aromatic heterocycles. The molecule has 4 fully saturated rings. The van der Waals surface area contributed by atoms with Crippen LogP contribution in [-0.4, -0.2) is 6.54 Å². The van der Waals surface area contributed by atoms with Crippen LogP contribution in [-0.2, 0) is 6.42 Å². The van der Waals surface area contributed by atoms with E-state index in [1.807, 2.05) is 0 Å². The van der Waals surface area contributed by atoms with Crippen molar-refractivity contribution in [1.82, 2.24) is 5.32 Å². The minimum Gasteiger partial charge on any atom is -0.388 e. The average Bonchev–Trinajstić information content (AvgIpc) is 3.14. The van der Waals surface area contributed by atoms with Gasteiger partial charge in [-0.25, -0.2) is 0 Å². The molecule has 1 heteroatoms. The number of hydrogen-bond donors (Lipinski definition) is 1. The Morgan fingerprint density at radius 2 is 1.72 bits per heavy atom. The van der Waals surface area contributed by atoms with Crippen LogP contribution in [0.5, 0.6) is 0 Å². The zero-order valence-electron chi connectivity index (χ0n) is 21.0. The molecule has 1 nitrogen and oxygen atoms in total. The van der Waals surface area contributed by atoms with Gasteiger partial charge in [-0.05, 0) is 110 Å². The summed E-state index contributed by atoms with van der Waals surface area (Å²) in [6, 6.07) is 10.8. The smallest absolute Gasteiger partial charge is 0.0177 e. The molecule has 4 aliphatic carbocycles. The van der Waals surface area contributed by atoms with E-state index in [2.05, 4.69) is 63.0 Å². The number of benzene rings is 1. The van der Waals surface area contributed by atoms with Crippen molar-refractivity contribution >= 4 is 0 Å². The second kappa shape index (κ2) is 8.84. The van der Waals surface area contributed by atoms with E-state index >= 15 is 0 Å². The highest BCUT2D eigenvalue weighted by atomic mass is 14.9. The molecule has 4 aliphatic rings. The molecule has 1 N–H and O–H groups in total. The maximum atomic E-state index is 4.36. The third-order valence-corrected chi connectivity index (χ3v) is 11.3. The van der Waals surface area contributed by atoms with E-state index in [-0.39, 0.29) is 0 Å². The van der Waals surface area contributed by atoms with Gasteiger partial charge < -0.3 is 5.32 Å². The number of fused-ring (bicyclic) bond motifs is 5. The van der Waals surface area contributed by atoms with E-state index in [0.717, 1.165) is 48.5 Å². The molecule has 0 heterocycles. The Labute approximate surface area is 197 Å². The third kappa shape index (κ3) is 4.07. The van der Waals surface area contributed by atoms with E-state index in [4.69, 9.17) is 0 Å². The Balaban J connectivity index is 1.20. The van der Waals surface area contributed by atoms with Crippen molar-refractivity contribution in [3.8, 4) is 0 Å². The topological polar surface area (TPSA) is 12.0 Å². The molecule has 0 saturated heterocycles. The van der Waals surface area contributed by atoms with Gasteiger partial charge in [-0.3, -0.25) is 0 Å². The van der Waals surface area contributed by atoms with Gasteiger partial charge in [0.05, 0.1) is 0 Å². The Hall–Kier alpha value is -1.24. The highest BCUT2D eigenvalue weighted by Crippen LogP contribution is 2.65. The van der Waals surface area contributed by atoms with Crippen LogP contribution < -0.4 is 5.32 Å². The summed E-state index contributed by atoms with van der Waals surface area (Å²) in [6.07, 6.45) is 15.9. The van der Waals surface area contributed by atoms with Gasteiger partial charge in [-0.2, -0.15) is 0 Å². The van der Waals surface area contributed by atoms with Gasteiger partial charge in [-0.1, -0.05) is 64.1 Å². The lowest BCUT2D eigenvalue weighted by atomic mass is 9.48. The van der Waals surface area contributed by atoms with Gasteiger partial charge >= 0.3 is 0 Å². The van der Waals surface area contributed by atoms with E-state index in [9.17, 15) is 0 Å². The summed E-state index contributed by atoms with van der Waals surface area (Å²) in [5, 5.41) is 3.77. The minimum absolute atomic E-state index is 0.556. The van der Waals surface area contributed by atoms with Crippen molar-refractivity contribution < 1.29 is 0 Å². The summed E-state index contributed by atoms with van der Waals surface area (Å²) in [6.45, 7) is 13.2. The highest BCUT2D eigenvalue weighted by molar-refractivity contribution is 5.20. The first kappa shape index (κ1) is 22.5. The van der Waals surface area contributed by atoms with Gasteiger partial charge in [0, 0.05) is 18.7 Å². The van der Waals surface area contributed by atoms with Crippen molar-refractivity contribution in [2.24, 2.45) is 46.3 Å². The van der Waals surface area contributed by atoms with E-state index in [0.29, 0.717) is 10.8 Å². The quantitative estimate of drug-likeness (QED) is 0.479. The molecule has 5 rings (SSSR count). The summed E-state index contributed by atoms with van der Waals surface area (Å²) in [5.74, 6) is 5.98. The number of rotatable bonds is 6. The van der Waals surface area contributed by atoms with Crippen LogP contribution in [0.3, 0.4) is 0 Å². The van der Waals surface area contributed by atoms with Gasteiger partial charge in [0.1, 0.15) is 0 Å². The average molecular weight is 434 g/mol. The minimum atomic E-state index is 0.556. The second-order valence-electron chi connectivity index (χ2n) is 12.8. The number of hydrogen-bond acceptors (Lipinski definition) is 1. The number of nitrogens with one attached hydrogen (secondary N) is 1. The zero-order valence-corrected chi connectivity index (χ0v) is 21.0. The molecular weight excluding hydrogens is 386 g/mol. The zero-order chi connectivity index (χ0) is 22.3. The third-order valence-electron chi connectivity index (χ3n) is 11.3. The molecule has 0 bridgehead atoms. The predicted molar refractivity (Wildman–Crippen MR) is 136 cm³/mol. The summed E-state index contributed by atoms with van der Waals surface area (Å²) in [5.41, 5.74) is 3.76. The molecule has 32 heavy (non-hydrogen) atoms. The molecule has 1 aromatic rings. The SMILES string of the molecule is C=C(Cc1ccccc1)NCC1CCC2C3CCC4C[C@](C)(CC)CCC4C3CCC12C. The summed E-state index contributed by atoms with van der Waals surface area (Å²) < 4.78 is 0. The van der Waals surface area contributed by atoms with Crippen LogP contribution in [0.4, 0.5) is 0 Å². The van der Waals surface area contributed by atoms with Gasteiger partial charge in [0.25, 0.3) is 0 Å². The maximum absolute atomic E-state index is 4.36. The van der Waals surface area contributed by atoms with Gasteiger partial charge in [0.2, 0.25) is 0 Å². The number of allylic oxidation sites excluding steroid dienone is 1. The van der Waals surface area contributed by atoms with Gasteiger partial charge in [0.15, 0.2) is 0 Å². The molecule has 8 atom stereocenters. The maximum Gasteiger partial charge on any atom is 0.0177 e. The van der Waals surface area contributed by atoms with E-state index in [1.54, 1.807) is 0 Å². The van der Waals surface area contributed by atoms with Crippen molar-refractivity contribution in [3.63, 3.8) is 0 Å².